The van der Waals surface area contributed by atoms with Gasteiger partial charge in [0, 0.05) is 30.7 Å². The lowest BCUT2D eigenvalue weighted by Gasteiger charge is -2.08. The Morgan fingerprint density at radius 3 is 2.60 bits per heavy atom. The molecule has 3 heterocycles. The number of rotatable bonds is 4. The zero-order chi connectivity index (χ0) is 13.8. The van der Waals surface area contributed by atoms with Crippen LogP contribution in [0.5, 0.6) is 0 Å². The van der Waals surface area contributed by atoms with E-state index >= 15 is 0 Å². The van der Waals surface area contributed by atoms with E-state index < -0.39 is 0 Å². The first-order valence-corrected chi connectivity index (χ1v) is 6.44. The second kappa shape index (κ2) is 5.52. The molecule has 5 nitrogen and oxygen atoms in total. The fraction of sp³-hybridized carbons (Fsp3) is 0.133. The van der Waals surface area contributed by atoms with Crippen LogP contribution in [-0.4, -0.2) is 19.5 Å². The highest BCUT2D eigenvalue weighted by Crippen LogP contribution is 2.19. The van der Waals surface area contributed by atoms with Crippen LogP contribution >= 0.6 is 0 Å². The second-order valence-electron chi connectivity index (χ2n) is 4.55. The van der Waals surface area contributed by atoms with Gasteiger partial charge < -0.3 is 10.3 Å². The molecule has 0 aromatic carbocycles. The highest BCUT2D eigenvalue weighted by molar-refractivity contribution is 5.59. The molecule has 0 spiro atoms. The third kappa shape index (κ3) is 2.66. The number of anilines is 1. The minimum atomic E-state index is 0.525. The summed E-state index contributed by atoms with van der Waals surface area (Å²) in [6, 6.07) is 7.82. The van der Waals surface area contributed by atoms with Crippen molar-refractivity contribution in [1.29, 1.82) is 0 Å². The molecule has 0 atom stereocenters. The van der Waals surface area contributed by atoms with E-state index in [4.69, 9.17) is 5.73 Å². The summed E-state index contributed by atoms with van der Waals surface area (Å²) in [5.74, 6) is 0.525. The van der Waals surface area contributed by atoms with Crippen LogP contribution in [0.3, 0.4) is 0 Å². The van der Waals surface area contributed by atoms with Crippen LogP contribution in [0.4, 0.5) is 5.82 Å². The van der Waals surface area contributed by atoms with Crippen molar-refractivity contribution in [3.63, 3.8) is 0 Å². The van der Waals surface area contributed by atoms with Crippen molar-refractivity contribution in [1.82, 2.24) is 19.5 Å². The summed E-state index contributed by atoms with van der Waals surface area (Å²) in [5.41, 5.74) is 8.94. The maximum absolute atomic E-state index is 5.61. The van der Waals surface area contributed by atoms with E-state index in [2.05, 4.69) is 19.5 Å². The molecule has 2 N–H and O–H groups in total. The van der Waals surface area contributed by atoms with Gasteiger partial charge in [0.15, 0.2) is 0 Å². The van der Waals surface area contributed by atoms with Crippen molar-refractivity contribution < 1.29 is 0 Å². The highest BCUT2D eigenvalue weighted by Gasteiger charge is 2.05. The van der Waals surface area contributed by atoms with Crippen LogP contribution < -0.4 is 5.73 Å². The van der Waals surface area contributed by atoms with Crippen LogP contribution in [0.1, 0.15) is 5.56 Å². The van der Waals surface area contributed by atoms with Crippen LogP contribution in [0.25, 0.3) is 11.3 Å². The van der Waals surface area contributed by atoms with E-state index in [1.54, 1.807) is 12.3 Å². The average Bonchev–Trinajstić information content (AvgIpc) is 2.95. The number of pyridine rings is 2. The maximum Gasteiger partial charge on any atom is 0.123 e. The van der Waals surface area contributed by atoms with Gasteiger partial charge in [-0.25, -0.2) is 9.97 Å². The van der Waals surface area contributed by atoms with Gasteiger partial charge >= 0.3 is 0 Å². The van der Waals surface area contributed by atoms with Gasteiger partial charge in [0.05, 0.1) is 18.2 Å². The number of nitrogens with two attached hydrogens (primary N) is 1. The minimum absolute atomic E-state index is 0.525. The molecule has 3 aromatic rings. The number of aromatic nitrogens is 4. The van der Waals surface area contributed by atoms with Gasteiger partial charge in [0.2, 0.25) is 0 Å². The van der Waals surface area contributed by atoms with Gasteiger partial charge in [-0.1, -0.05) is 0 Å². The van der Waals surface area contributed by atoms with Crippen LogP contribution in [-0.2, 0) is 13.0 Å². The lowest BCUT2D eigenvalue weighted by atomic mass is 10.2. The van der Waals surface area contributed by atoms with Crippen molar-refractivity contribution in [2.24, 2.45) is 0 Å². The second-order valence-corrected chi connectivity index (χ2v) is 4.55. The lowest BCUT2D eigenvalue weighted by molar-refractivity contribution is 0.701. The molecule has 0 saturated heterocycles. The molecule has 3 aromatic heterocycles. The molecule has 0 aliphatic carbocycles. The Morgan fingerprint density at radius 2 is 1.85 bits per heavy atom. The van der Waals surface area contributed by atoms with Crippen LogP contribution in [0, 0.1) is 0 Å². The number of hydrogen-bond donors (Lipinski definition) is 1. The topological polar surface area (TPSA) is 69.6 Å². The first-order chi connectivity index (χ1) is 9.83. The molecule has 20 heavy (non-hydrogen) atoms. The molecule has 0 aliphatic heterocycles. The predicted octanol–water partition coefficient (Wildman–Crippen LogP) is 2.17. The van der Waals surface area contributed by atoms with Gasteiger partial charge in [-0.3, -0.25) is 4.98 Å². The Balaban J connectivity index is 1.78. The monoisotopic (exact) mass is 265 g/mol. The van der Waals surface area contributed by atoms with Gasteiger partial charge in [-0.2, -0.15) is 0 Å². The van der Waals surface area contributed by atoms with Crippen molar-refractivity contribution in [3.8, 4) is 11.3 Å². The molecule has 3 rings (SSSR count). The highest BCUT2D eigenvalue weighted by atomic mass is 15.0. The van der Waals surface area contributed by atoms with E-state index in [0.717, 1.165) is 24.2 Å². The smallest absolute Gasteiger partial charge is 0.123 e. The lowest BCUT2D eigenvalue weighted by Crippen LogP contribution is -2.02. The molecule has 0 saturated carbocycles. The fourth-order valence-electron chi connectivity index (χ4n) is 2.10. The van der Waals surface area contributed by atoms with E-state index in [0.29, 0.717) is 5.82 Å². The van der Waals surface area contributed by atoms with E-state index in [9.17, 15) is 0 Å². The molecule has 0 radical (unpaired) electrons. The van der Waals surface area contributed by atoms with Gasteiger partial charge in [-0.15, -0.1) is 0 Å². The molecule has 100 valence electrons. The first kappa shape index (κ1) is 12.3. The summed E-state index contributed by atoms with van der Waals surface area (Å²) in [4.78, 5) is 12.4. The molecule has 5 heteroatoms. The quantitative estimate of drug-likeness (QED) is 0.784. The molecule has 0 aliphatic rings. The van der Waals surface area contributed by atoms with Crippen molar-refractivity contribution >= 4 is 5.82 Å². The Bertz CT molecular complexity index is 673. The minimum Gasteiger partial charge on any atom is -0.384 e. The zero-order valence-corrected chi connectivity index (χ0v) is 11.0. The van der Waals surface area contributed by atoms with E-state index in [1.807, 2.05) is 43.1 Å². The Hall–Kier alpha value is -2.69. The summed E-state index contributed by atoms with van der Waals surface area (Å²) < 4.78 is 2.12. The van der Waals surface area contributed by atoms with Crippen molar-refractivity contribution in [2.45, 2.75) is 13.0 Å². The molecular formula is C15H15N5. The molecule has 0 fully saturated rings. The number of nitrogen functional groups attached to an aromatic ring is 1. The van der Waals surface area contributed by atoms with Gasteiger partial charge in [-0.05, 0) is 36.2 Å². The summed E-state index contributed by atoms with van der Waals surface area (Å²) in [6.45, 7) is 0.865. The van der Waals surface area contributed by atoms with Gasteiger partial charge in [0.25, 0.3) is 0 Å². The standard InChI is InChI=1S/C15H15N5/c16-15-2-1-13(9-19-15)14-10-18-11-20(14)8-5-12-3-6-17-7-4-12/h1-4,6-7,9-11H,5,8H2,(H2,16,19). The SMILES string of the molecule is Nc1ccc(-c2cncn2CCc2ccncc2)cn1. The Kier molecular flexibility index (Phi) is 3.41. The number of imidazole rings is 1. The Morgan fingerprint density at radius 1 is 1.00 bits per heavy atom. The summed E-state index contributed by atoms with van der Waals surface area (Å²) in [5, 5.41) is 0. The van der Waals surface area contributed by atoms with Gasteiger partial charge in [0.1, 0.15) is 5.82 Å². The summed E-state index contributed by atoms with van der Waals surface area (Å²) >= 11 is 0. The summed E-state index contributed by atoms with van der Waals surface area (Å²) in [6.07, 6.45) is 10.0. The first-order valence-electron chi connectivity index (χ1n) is 6.44. The summed E-state index contributed by atoms with van der Waals surface area (Å²) in [7, 11) is 0. The van der Waals surface area contributed by atoms with E-state index in [-0.39, 0.29) is 0 Å². The molecular weight excluding hydrogens is 250 g/mol. The average molecular weight is 265 g/mol. The van der Waals surface area contributed by atoms with Crippen LogP contribution in [0.15, 0.2) is 55.4 Å². The normalized spacial score (nSPS) is 10.6. The third-order valence-electron chi connectivity index (χ3n) is 3.19. The number of aryl methyl sites for hydroxylation is 2. The largest absolute Gasteiger partial charge is 0.384 e. The number of hydrogen-bond acceptors (Lipinski definition) is 4. The van der Waals surface area contributed by atoms with Crippen LogP contribution in [0.2, 0.25) is 0 Å². The molecule has 0 bridgehead atoms. The van der Waals surface area contributed by atoms with Crippen molar-refractivity contribution in [2.75, 3.05) is 5.73 Å². The zero-order valence-electron chi connectivity index (χ0n) is 11.0. The van der Waals surface area contributed by atoms with E-state index in [1.165, 1.54) is 5.56 Å². The molecule has 0 amide bonds. The maximum atomic E-state index is 5.61. The third-order valence-corrected chi connectivity index (χ3v) is 3.19. The van der Waals surface area contributed by atoms with Crippen molar-refractivity contribution in [3.05, 3.63) is 60.9 Å². The fourth-order valence-corrected chi connectivity index (χ4v) is 2.10. The predicted molar refractivity (Wildman–Crippen MR) is 77.8 cm³/mol. The molecule has 0 unspecified atom stereocenters. The Labute approximate surface area is 117 Å². The number of nitrogens with zero attached hydrogens (tertiary/aromatic N) is 4.